The first-order valence-electron chi connectivity index (χ1n) is 29.6. The zero-order valence-corrected chi connectivity index (χ0v) is 46.7. The Hall–Kier alpha value is -1.05. The van der Waals surface area contributed by atoms with Gasteiger partial charge in [0.1, 0.15) is 30.5 Å². The molecule has 0 saturated carbocycles. The molecule has 2 rings (SSSR count). The Balaban J connectivity index is 1.72. The van der Waals surface area contributed by atoms with Crippen LogP contribution in [0.3, 0.4) is 0 Å². The highest BCUT2D eigenvalue weighted by molar-refractivity contribution is 6.42. The Labute approximate surface area is 443 Å². The van der Waals surface area contributed by atoms with E-state index in [0.717, 1.165) is 56.9 Å². The van der Waals surface area contributed by atoms with E-state index in [4.69, 9.17) is 37.4 Å². The molecule has 1 aromatic rings. The molecule has 1 heterocycles. The minimum atomic E-state index is -1.54. The zero-order valence-electron chi connectivity index (χ0n) is 45.2. The van der Waals surface area contributed by atoms with E-state index in [-0.39, 0.29) is 25.5 Å². The van der Waals surface area contributed by atoms with E-state index in [2.05, 4.69) is 19.2 Å². The summed E-state index contributed by atoms with van der Waals surface area (Å²) in [6.45, 7) is 3.96. The second-order valence-electron chi connectivity index (χ2n) is 21.2. The van der Waals surface area contributed by atoms with Crippen LogP contribution in [-0.4, -0.2) is 100 Å². The molecule has 0 radical (unpaired) electrons. The van der Waals surface area contributed by atoms with Gasteiger partial charge in [0.25, 0.3) is 0 Å². The summed E-state index contributed by atoms with van der Waals surface area (Å²) in [5.41, 5.74) is 0.972. The van der Waals surface area contributed by atoms with Crippen LogP contribution in [0.15, 0.2) is 18.2 Å². The van der Waals surface area contributed by atoms with Crippen molar-refractivity contribution in [1.29, 1.82) is 0 Å². The third kappa shape index (κ3) is 32.9. The molecule has 1 aliphatic heterocycles. The molecule has 8 atom stereocenters. The molecule has 0 aromatic heterocycles. The molecule has 1 aromatic carbocycles. The van der Waals surface area contributed by atoms with Crippen LogP contribution in [-0.2, 0) is 25.4 Å². The van der Waals surface area contributed by atoms with Gasteiger partial charge >= 0.3 is 0 Å². The van der Waals surface area contributed by atoms with Crippen LogP contribution >= 0.6 is 23.2 Å². The van der Waals surface area contributed by atoms with E-state index >= 15 is 0 Å². The summed E-state index contributed by atoms with van der Waals surface area (Å²) in [7, 11) is 0. The van der Waals surface area contributed by atoms with Crippen molar-refractivity contribution in [2.24, 2.45) is 0 Å². The van der Waals surface area contributed by atoms with Crippen LogP contribution in [0.5, 0.6) is 0 Å². The van der Waals surface area contributed by atoms with Gasteiger partial charge < -0.3 is 45.1 Å². The van der Waals surface area contributed by atoms with Crippen molar-refractivity contribution >= 4 is 29.1 Å². The van der Waals surface area contributed by atoms with Crippen LogP contribution in [0.1, 0.15) is 263 Å². The standard InChI is InChI=1S/C59H107Cl2NO9/c1-3-5-7-9-11-13-15-17-18-19-20-21-22-23-24-25-26-27-29-31-33-35-37-41-54(65)62-51(55(66)52(64)40-36-34-32-30-28-16-14-12-10-8-6-4-2)47-70-59-57(68)56(67)58(53(46-63)71-59)69-44-38-39-48-42-43-49(60)50(61)45-48/h42-43,45,51-53,55-59,63-64,66-68H,3-41,44,46-47H2,1-2H3,(H,62,65)/t51-,52+,53+,55-,56+,57+,58-,59-/m0/s1. The fourth-order valence-corrected chi connectivity index (χ4v) is 10.3. The number of benzene rings is 1. The number of unbranched alkanes of at least 4 members (excludes halogenated alkanes) is 33. The van der Waals surface area contributed by atoms with E-state index in [1.807, 2.05) is 6.07 Å². The van der Waals surface area contributed by atoms with Gasteiger partial charge in [-0.1, -0.05) is 261 Å². The summed E-state index contributed by atoms with van der Waals surface area (Å²) in [6.07, 6.45) is 37.4. The minimum absolute atomic E-state index is 0.219. The van der Waals surface area contributed by atoms with Gasteiger partial charge in [0.05, 0.1) is 35.4 Å². The number of nitrogens with one attached hydrogen (secondary N) is 1. The number of hydrogen-bond donors (Lipinski definition) is 6. The fourth-order valence-electron chi connectivity index (χ4n) is 9.99. The Bertz CT molecular complexity index is 1380. The van der Waals surface area contributed by atoms with Crippen molar-refractivity contribution in [3.8, 4) is 0 Å². The molecule has 1 saturated heterocycles. The smallest absolute Gasteiger partial charge is 0.220 e. The molecule has 0 aliphatic carbocycles. The van der Waals surface area contributed by atoms with Crippen LogP contribution in [0.2, 0.25) is 10.0 Å². The first-order valence-corrected chi connectivity index (χ1v) is 30.3. The van der Waals surface area contributed by atoms with E-state index in [9.17, 15) is 30.3 Å². The topological polar surface area (TPSA) is 158 Å². The molecule has 1 fully saturated rings. The van der Waals surface area contributed by atoms with Crippen LogP contribution in [0, 0.1) is 0 Å². The highest BCUT2D eigenvalue weighted by atomic mass is 35.5. The molecule has 0 unspecified atom stereocenters. The average Bonchev–Trinajstić information content (AvgIpc) is 3.36. The predicted molar refractivity (Wildman–Crippen MR) is 294 cm³/mol. The van der Waals surface area contributed by atoms with Gasteiger partial charge in [0.2, 0.25) is 5.91 Å². The minimum Gasteiger partial charge on any atom is -0.394 e. The highest BCUT2D eigenvalue weighted by Gasteiger charge is 2.46. The second-order valence-corrected chi connectivity index (χ2v) is 22.0. The number of amides is 1. The molecule has 71 heavy (non-hydrogen) atoms. The van der Waals surface area contributed by atoms with Gasteiger partial charge in [-0.25, -0.2) is 0 Å². The number of hydrogen-bond acceptors (Lipinski definition) is 9. The largest absolute Gasteiger partial charge is 0.394 e. The Kier molecular flexibility index (Phi) is 42.0. The van der Waals surface area contributed by atoms with Gasteiger partial charge in [-0.2, -0.15) is 0 Å². The lowest BCUT2D eigenvalue weighted by molar-refractivity contribution is -0.309. The quantitative estimate of drug-likeness (QED) is 0.0350. The van der Waals surface area contributed by atoms with E-state index in [1.165, 1.54) is 173 Å². The summed E-state index contributed by atoms with van der Waals surface area (Å²) >= 11 is 12.2. The van der Waals surface area contributed by atoms with Crippen LogP contribution < -0.4 is 5.32 Å². The third-order valence-corrected chi connectivity index (χ3v) is 15.4. The van der Waals surface area contributed by atoms with Crippen LogP contribution in [0.25, 0.3) is 0 Å². The molecule has 416 valence electrons. The Morgan fingerprint density at radius 2 is 1.03 bits per heavy atom. The molecule has 12 heteroatoms. The lowest BCUT2D eigenvalue weighted by Gasteiger charge is -2.42. The van der Waals surface area contributed by atoms with Crippen molar-refractivity contribution in [2.45, 2.75) is 313 Å². The number of aryl methyl sites for hydroxylation is 1. The summed E-state index contributed by atoms with van der Waals surface area (Å²) in [4.78, 5) is 13.3. The number of ether oxygens (including phenoxy) is 3. The number of aliphatic hydroxyl groups is 5. The second kappa shape index (κ2) is 45.2. The SMILES string of the molecule is CCCCCCCCCCCCCCCCCCCCCCCCCC(=O)N[C@@H](CO[C@H]1O[C@H](CO)[C@H](OCCCc2ccc(Cl)c(Cl)c2)[C@H](O)[C@H]1O)[C@H](O)[C@H](O)CCCCCCCCCCCCCC. The number of rotatable bonds is 49. The summed E-state index contributed by atoms with van der Waals surface area (Å²) in [5.74, 6) is -0.244. The molecular formula is C59H107Cl2NO9. The maximum absolute atomic E-state index is 13.3. The van der Waals surface area contributed by atoms with Crippen molar-refractivity contribution in [3.05, 3.63) is 33.8 Å². The van der Waals surface area contributed by atoms with Gasteiger partial charge in [-0.15, -0.1) is 0 Å². The van der Waals surface area contributed by atoms with Crippen molar-refractivity contribution in [1.82, 2.24) is 5.32 Å². The predicted octanol–water partition coefficient (Wildman–Crippen LogP) is 14.4. The maximum atomic E-state index is 13.3. The molecule has 0 bridgehead atoms. The van der Waals surface area contributed by atoms with Gasteiger partial charge in [0.15, 0.2) is 6.29 Å². The Morgan fingerprint density at radius 1 is 0.592 bits per heavy atom. The first kappa shape index (κ1) is 66.1. The first-order chi connectivity index (χ1) is 34.6. The third-order valence-electron chi connectivity index (χ3n) is 14.7. The normalized spacial score (nSPS) is 19.5. The molecule has 10 nitrogen and oxygen atoms in total. The number of carbonyl (C=O) groups excluding carboxylic acids is 1. The highest BCUT2D eigenvalue weighted by Crippen LogP contribution is 2.27. The summed E-state index contributed by atoms with van der Waals surface area (Å²) in [5, 5.41) is 58.8. The Morgan fingerprint density at radius 3 is 1.46 bits per heavy atom. The maximum Gasteiger partial charge on any atom is 0.220 e. The lowest BCUT2D eigenvalue weighted by Crippen LogP contribution is -2.61. The van der Waals surface area contributed by atoms with Crippen LogP contribution in [0.4, 0.5) is 0 Å². The van der Waals surface area contributed by atoms with Gasteiger partial charge in [0, 0.05) is 13.0 Å². The average molecular weight is 1050 g/mol. The van der Waals surface area contributed by atoms with E-state index in [1.54, 1.807) is 12.1 Å². The van der Waals surface area contributed by atoms with Crippen molar-refractivity contribution in [2.75, 3.05) is 19.8 Å². The van der Waals surface area contributed by atoms with Gasteiger partial charge in [-0.05, 0) is 43.4 Å². The fraction of sp³-hybridized carbons (Fsp3) is 0.881. The van der Waals surface area contributed by atoms with Crippen molar-refractivity contribution < 1.29 is 44.5 Å². The summed E-state index contributed by atoms with van der Waals surface area (Å²) in [6, 6.07) is 4.41. The van der Waals surface area contributed by atoms with E-state index < -0.39 is 55.6 Å². The number of aliphatic hydroxyl groups excluding tert-OH is 5. The summed E-state index contributed by atoms with van der Waals surface area (Å²) < 4.78 is 17.8. The van der Waals surface area contributed by atoms with Gasteiger partial charge in [-0.3, -0.25) is 4.79 Å². The van der Waals surface area contributed by atoms with Crippen molar-refractivity contribution in [3.63, 3.8) is 0 Å². The molecule has 1 aliphatic rings. The molecular weight excluding hydrogens is 938 g/mol. The number of halogens is 2. The molecule has 1 amide bonds. The lowest BCUT2D eigenvalue weighted by atomic mass is 9.98. The molecule has 6 N–H and O–H groups in total. The van der Waals surface area contributed by atoms with E-state index in [0.29, 0.717) is 29.3 Å². The number of carbonyl (C=O) groups is 1. The monoisotopic (exact) mass is 1040 g/mol. The zero-order chi connectivity index (χ0) is 51.6. The molecule has 0 spiro atoms.